The molecule has 1 aromatic heterocycles. The van der Waals surface area contributed by atoms with E-state index in [4.69, 9.17) is 11.6 Å². The van der Waals surface area contributed by atoms with Crippen LogP contribution in [0.25, 0.3) is 5.69 Å². The zero-order valence-electron chi connectivity index (χ0n) is 20.0. The summed E-state index contributed by atoms with van der Waals surface area (Å²) in [5.74, 6) is 1.47. The van der Waals surface area contributed by atoms with Gasteiger partial charge in [-0.05, 0) is 61.3 Å². The first-order valence-electron chi connectivity index (χ1n) is 11.4. The highest BCUT2D eigenvalue weighted by atomic mass is 35.5. The van der Waals surface area contributed by atoms with Crippen molar-refractivity contribution in [2.75, 3.05) is 26.4 Å². The van der Waals surface area contributed by atoms with Gasteiger partial charge in [-0.2, -0.15) is 0 Å². The first-order chi connectivity index (χ1) is 15.0. The molecule has 8 heteroatoms. The molecule has 1 N–H and O–H groups in total. The number of amides is 1. The Kier molecular flexibility index (Phi) is 6.38. The van der Waals surface area contributed by atoms with Crippen LogP contribution in [-0.2, 0) is 4.79 Å². The van der Waals surface area contributed by atoms with Gasteiger partial charge in [-0.25, -0.2) is 0 Å². The van der Waals surface area contributed by atoms with Crippen LogP contribution in [0, 0.1) is 10.8 Å². The number of carbonyl (C=O) groups is 1. The second kappa shape index (κ2) is 8.65. The Labute approximate surface area is 200 Å². The van der Waals surface area contributed by atoms with E-state index in [1.165, 1.54) is 23.1 Å². The average molecular weight is 477 g/mol. The summed E-state index contributed by atoms with van der Waals surface area (Å²) in [5.41, 5.74) is 1.50. The molecular formula is C24H35ClN5OS+. The largest absolute Gasteiger partial charge is 0.338 e. The predicted octanol–water partition coefficient (Wildman–Crippen LogP) is 3.65. The number of rotatable bonds is 6. The van der Waals surface area contributed by atoms with Gasteiger partial charge in [-0.3, -0.25) is 9.36 Å². The van der Waals surface area contributed by atoms with Crippen LogP contribution in [0.3, 0.4) is 0 Å². The van der Waals surface area contributed by atoms with Gasteiger partial charge in [0, 0.05) is 23.3 Å². The molecular weight excluding hydrogens is 442 g/mol. The molecule has 2 bridgehead atoms. The third kappa shape index (κ3) is 4.70. The lowest BCUT2D eigenvalue weighted by atomic mass is 9.65. The molecule has 1 aliphatic heterocycles. The van der Waals surface area contributed by atoms with E-state index in [2.05, 4.69) is 61.5 Å². The van der Waals surface area contributed by atoms with Crippen molar-refractivity contribution in [3.8, 4) is 5.69 Å². The number of aromatic nitrogens is 3. The quantitative estimate of drug-likeness (QED) is 0.646. The summed E-state index contributed by atoms with van der Waals surface area (Å²) >= 11 is 7.60. The maximum absolute atomic E-state index is 13.3. The zero-order chi connectivity index (χ0) is 23.3. The highest BCUT2D eigenvalue weighted by Gasteiger charge is 2.50. The molecule has 2 fully saturated rings. The van der Waals surface area contributed by atoms with Crippen LogP contribution in [0.15, 0.2) is 29.4 Å². The van der Waals surface area contributed by atoms with Crippen molar-refractivity contribution in [3.05, 3.63) is 35.1 Å². The van der Waals surface area contributed by atoms with Gasteiger partial charge in [0.15, 0.2) is 11.0 Å². The summed E-state index contributed by atoms with van der Waals surface area (Å²) in [5, 5.41) is 10.4. The Balaban J connectivity index is 1.55. The van der Waals surface area contributed by atoms with Crippen molar-refractivity contribution >= 4 is 29.3 Å². The number of benzene rings is 1. The van der Waals surface area contributed by atoms with Crippen molar-refractivity contribution in [1.29, 1.82) is 0 Å². The average Bonchev–Trinajstić information content (AvgIpc) is 3.23. The molecule has 3 atom stereocenters. The number of hydrogen-bond acceptors (Lipinski definition) is 4. The number of halogens is 1. The predicted molar refractivity (Wildman–Crippen MR) is 130 cm³/mol. The third-order valence-electron chi connectivity index (χ3n) is 7.06. The van der Waals surface area contributed by atoms with Crippen LogP contribution in [0.4, 0.5) is 0 Å². The number of nitrogens with zero attached hydrogens (tertiary/aromatic N) is 4. The smallest absolute Gasteiger partial charge is 0.233 e. The van der Waals surface area contributed by atoms with E-state index >= 15 is 0 Å². The number of hydrogen-bond donors (Lipinski definition) is 1. The van der Waals surface area contributed by atoms with Crippen molar-refractivity contribution in [2.45, 2.75) is 64.2 Å². The van der Waals surface area contributed by atoms with Gasteiger partial charge in [-0.15, -0.1) is 10.2 Å². The molecule has 1 amide bonds. The number of quaternary nitrogens is 1. The van der Waals surface area contributed by atoms with Gasteiger partial charge in [0.1, 0.15) is 6.04 Å². The molecule has 4 rings (SSSR count). The molecule has 174 valence electrons. The molecule has 2 aromatic rings. The summed E-state index contributed by atoms with van der Waals surface area (Å²) in [6.07, 6.45) is 3.40. The van der Waals surface area contributed by atoms with Gasteiger partial charge in [0.05, 0.1) is 19.8 Å². The topological polar surface area (TPSA) is 55.5 Å². The lowest BCUT2D eigenvalue weighted by Gasteiger charge is -2.39. The van der Waals surface area contributed by atoms with Crippen molar-refractivity contribution in [3.63, 3.8) is 0 Å². The van der Waals surface area contributed by atoms with E-state index < -0.39 is 0 Å². The highest BCUT2D eigenvalue weighted by molar-refractivity contribution is 7.99. The fraction of sp³-hybridized carbons (Fsp3) is 0.625. The number of nitrogens with one attached hydrogen (secondary N) is 1. The molecule has 1 aromatic carbocycles. The van der Waals surface area contributed by atoms with Crippen LogP contribution in [0.5, 0.6) is 0 Å². The maximum Gasteiger partial charge on any atom is 0.233 e. The van der Waals surface area contributed by atoms with Crippen LogP contribution in [0.2, 0.25) is 5.02 Å². The summed E-state index contributed by atoms with van der Waals surface area (Å²) < 4.78 is 2.07. The van der Waals surface area contributed by atoms with Gasteiger partial charge in [0.2, 0.25) is 5.91 Å². The minimum Gasteiger partial charge on any atom is -0.338 e. The standard InChI is InChI=1S/C24H34ClN5OS/c1-16(28(5)6)21-26-27-22(30(21)18-9-7-17(25)8-10-18)32-13-20(31)29-15-24(4)12-19(29)11-23(2,3)14-24/h7-10,16,19H,11-15H2,1-6H3/p+1/t16-,19+,24+/m0/s1. The van der Waals surface area contributed by atoms with Crippen LogP contribution >= 0.6 is 23.4 Å². The molecule has 6 nitrogen and oxygen atoms in total. The molecule has 2 aliphatic rings. The van der Waals surface area contributed by atoms with Crippen LogP contribution in [-0.4, -0.2) is 58.0 Å². The van der Waals surface area contributed by atoms with E-state index in [0.717, 1.165) is 36.1 Å². The normalized spacial score (nSPS) is 25.4. The minimum absolute atomic E-state index is 0.156. The van der Waals surface area contributed by atoms with Crippen molar-refractivity contribution in [2.24, 2.45) is 10.8 Å². The molecule has 0 radical (unpaired) electrons. The Bertz CT molecular complexity index is 989. The first-order valence-corrected chi connectivity index (χ1v) is 12.8. The Hall–Kier alpha value is -1.57. The number of likely N-dealkylation sites (tertiary alicyclic amines) is 1. The molecule has 2 heterocycles. The van der Waals surface area contributed by atoms with E-state index in [9.17, 15) is 4.79 Å². The highest BCUT2D eigenvalue weighted by Crippen LogP contribution is 2.52. The molecule has 1 saturated heterocycles. The van der Waals surface area contributed by atoms with E-state index in [0.29, 0.717) is 22.2 Å². The van der Waals surface area contributed by atoms with Gasteiger partial charge in [0.25, 0.3) is 0 Å². The fourth-order valence-electron chi connectivity index (χ4n) is 5.71. The Morgan fingerprint density at radius 3 is 2.56 bits per heavy atom. The maximum atomic E-state index is 13.3. The Morgan fingerprint density at radius 2 is 1.91 bits per heavy atom. The minimum atomic E-state index is 0.156. The summed E-state index contributed by atoms with van der Waals surface area (Å²) in [6, 6.07) is 8.22. The Morgan fingerprint density at radius 1 is 1.22 bits per heavy atom. The van der Waals surface area contributed by atoms with E-state index in [1.54, 1.807) is 0 Å². The molecule has 0 unspecified atom stereocenters. The van der Waals surface area contributed by atoms with E-state index in [-0.39, 0.29) is 17.4 Å². The van der Waals surface area contributed by atoms with E-state index in [1.807, 2.05) is 24.3 Å². The number of thioether (sulfide) groups is 1. The lowest BCUT2D eigenvalue weighted by Crippen LogP contribution is -3.05. The first kappa shape index (κ1) is 23.6. The summed E-state index contributed by atoms with van der Waals surface area (Å²) in [4.78, 5) is 16.7. The number of fused-ring (bicyclic) bond motifs is 2. The van der Waals surface area contributed by atoms with Crippen LogP contribution in [0.1, 0.15) is 58.8 Å². The molecule has 1 saturated carbocycles. The number of carbonyl (C=O) groups excluding carboxylic acids is 1. The zero-order valence-corrected chi connectivity index (χ0v) is 21.6. The monoisotopic (exact) mass is 476 g/mol. The lowest BCUT2D eigenvalue weighted by molar-refractivity contribution is -0.890. The molecule has 0 spiro atoms. The second-order valence-corrected chi connectivity index (χ2v) is 12.4. The van der Waals surface area contributed by atoms with Gasteiger partial charge in [-0.1, -0.05) is 44.1 Å². The summed E-state index contributed by atoms with van der Waals surface area (Å²) in [7, 11) is 4.21. The second-order valence-electron chi connectivity index (χ2n) is 11.0. The van der Waals surface area contributed by atoms with Gasteiger partial charge < -0.3 is 9.80 Å². The summed E-state index contributed by atoms with van der Waals surface area (Å²) in [6.45, 7) is 10.0. The van der Waals surface area contributed by atoms with Crippen LogP contribution < -0.4 is 4.90 Å². The third-order valence-corrected chi connectivity index (χ3v) is 8.22. The van der Waals surface area contributed by atoms with Crippen molar-refractivity contribution in [1.82, 2.24) is 19.7 Å². The molecule has 1 aliphatic carbocycles. The fourth-order valence-corrected chi connectivity index (χ4v) is 6.68. The van der Waals surface area contributed by atoms with Crippen molar-refractivity contribution < 1.29 is 9.69 Å². The SMILES string of the molecule is C[C@@H](c1nnc(SCC(=O)N2C[C@]3(C)C[C@H]2CC(C)(C)C3)n1-c1ccc(Cl)cc1)[NH+](C)C. The molecule has 32 heavy (non-hydrogen) atoms. The van der Waals surface area contributed by atoms with Gasteiger partial charge >= 0.3 is 0 Å².